The van der Waals surface area contributed by atoms with Crippen LogP contribution in [0.2, 0.25) is 5.02 Å². The third kappa shape index (κ3) is 4.82. The highest BCUT2D eigenvalue weighted by atomic mass is 35.5. The van der Waals surface area contributed by atoms with Gasteiger partial charge in [-0.1, -0.05) is 29.8 Å². The quantitative estimate of drug-likeness (QED) is 0.267. The molecule has 0 unspecified atom stereocenters. The number of carbonyl (C=O) groups excluding carboxylic acids is 1. The Morgan fingerprint density at radius 3 is 2.75 bits per heavy atom. The van der Waals surface area contributed by atoms with Gasteiger partial charge in [0, 0.05) is 36.6 Å². The van der Waals surface area contributed by atoms with E-state index < -0.39 is 0 Å². The highest BCUT2D eigenvalue weighted by Crippen LogP contribution is 2.31. The zero-order valence-electron chi connectivity index (χ0n) is 17.5. The Kier molecular flexibility index (Phi) is 6.84. The number of fused-ring (bicyclic) bond motifs is 1. The number of anilines is 1. The van der Waals surface area contributed by atoms with Crippen LogP contribution in [0.15, 0.2) is 67.1 Å². The summed E-state index contributed by atoms with van der Waals surface area (Å²) in [6.45, 7) is 1.60. The average Bonchev–Trinajstić information content (AvgIpc) is 3.26. The second-order valence-corrected chi connectivity index (χ2v) is 7.34. The molecule has 3 N–H and O–H groups in total. The molecule has 0 saturated carbocycles. The maximum Gasteiger partial charge on any atom is 0.251 e. The summed E-state index contributed by atoms with van der Waals surface area (Å²) in [4.78, 5) is 20.9. The maximum absolute atomic E-state index is 12.0. The molecule has 0 aliphatic heterocycles. The number of nitrogens with zero attached hydrogens (tertiary/aromatic N) is 3. The van der Waals surface area contributed by atoms with Gasteiger partial charge in [0.1, 0.15) is 5.75 Å². The zero-order chi connectivity index (χ0) is 22.3. The lowest BCUT2D eigenvalue weighted by atomic mass is 10.1. The number of methoxy groups -OCH3 is 1. The van der Waals surface area contributed by atoms with Crippen molar-refractivity contribution in [3.63, 3.8) is 0 Å². The average molecular weight is 451 g/mol. The molecule has 32 heavy (non-hydrogen) atoms. The Morgan fingerprint density at radius 1 is 1.12 bits per heavy atom. The lowest BCUT2D eigenvalue weighted by Crippen LogP contribution is -2.34. The van der Waals surface area contributed by atoms with Crippen molar-refractivity contribution in [2.75, 3.05) is 32.2 Å². The number of benzene rings is 2. The van der Waals surface area contributed by atoms with E-state index in [1.54, 1.807) is 31.6 Å². The van der Waals surface area contributed by atoms with Crippen LogP contribution in [0.1, 0.15) is 10.4 Å². The largest absolute Gasteiger partial charge is 0.495 e. The summed E-state index contributed by atoms with van der Waals surface area (Å²) >= 11 is 6.28. The van der Waals surface area contributed by atoms with E-state index in [0.717, 1.165) is 11.3 Å². The number of imidazole rings is 1. The minimum absolute atomic E-state index is 0.0876. The van der Waals surface area contributed by atoms with E-state index in [0.29, 0.717) is 47.6 Å². The van der Waals surface area contributed by atoms with Crippen LogP contribution in [-0.4, -0.2) is 47.1 Å². The van der Waals surface area contributed by atoms with Gasteiger partial charge in [-0.25, -0.2) is 9.97 Å². The minimum Gasteiger partial charge on any atom is -0.495 e. The highest BCUT2D eigenvalue weighted by Gasteiger charge is 2.12. The van der Waals surface area contributed by atoms with Crippen molar-refractivity contribution in [1.29, 1.82) is 0 Å². The molecule has 0 fully saturated rings. The summed E-state index contributed by atoms with van der Waals surface area (Å²) in [5.74, 6) is 1.19. The van der Waals surface area contributed by atoms with Gasteiger partial charge in [-0.2, -0.15) is 0 Å². The minimum atomic E-state index is -0.0876. The molecule has 164 valence electrons. The molecule has 4 rings (SSSR count). The first-order valence-corrected chi connectivity index (χ1v) is 10.5. The van der Waals surface area contributed by atoms with Crippen molar-refractivity contribution >= 4 is 29.0 Å². The fraction of sp³-hybridized carbons (Fsp3) is 0.174. The number of hydrogen-bond acceptors (Lipinski definition) is 6. The summed E-state index contributed by atoms with van der Waals surface area (Å²) in [5, 5.41) is 9.89. The predicted octanol–water partition coefficient (Wildman–Crippen LogP) is 3.45. The van der Waals surface area contributed by atoms with E-state index in [4.69, 9.17) is 16.3 Å². The Morgan fingerprint density at radius 2 is 1.97 bits per heavy atom. The second-order valence-electron chi connectivity index (χ2n) is 6.94. The van der Waals surface area contributed by atoms with Crippen LogP contribution < -0.4 is 20.7 Å². The molecule has 2 heterocycles. The van der Waals surface area contributed by atoms with Gasteiger partial charge in [0.05, 0.1) is 30.7 Å². The zero-order valence-corrected chi connectivity index (χ0v) is 18.3. The number of amides is 1. The topological polar surface area (TPSA) is 92.6 Å². The third-order valence-electron chi connectivity index (χ3n) is 4.88. The molecule has 0 spiro atoms. The standard InChI is InChI=1S/C23H23ClN6O2/c1-32-20-8-7-17(13-18(20)24)19-14-28-22-21(26-11-12-30(19)22)29-15-25-9-10-27-23(31)16-5-3-2-4-6-16/h2-8,11-14,25H,9-10,15H2,1H3,(H,26,29)(H,27,31). The van der Waals surface area contributed by atoms with Crippen LogP contribution >= 0.6 is 11.6 Å². The first kappa shape index (κ1) is 21.6. The first-order chi connectivity index (χ1) is 15.7. The van der Waals surface area contributed by atoms with Crippen LogP contribution in [-0.2, 0) is 0 Å². The normalized spacial score (nSPS) is 10.8. The monoisotopic (exact) mass is 450 g/mol. The lowest BCUT2D eigenvalue weighted by molar-refractivity contribution is 0.0954. The van der Waals surface area contributed by atoms with Crippen molar-refractivity contribution in [3.8, 4) is 17.0 Å². The molecule has 8 nitrogen and oxygen atoms in total. The van der Waals surface area contributed by atoms with Crippen molar-refractivity contribution in [3.05, 3.63) is 77.7 Å². The Balaban J connectivity index is 1.33. The third-order valence-corrected chi connectivity index (χ3v) is 5.18. The number of halogens is 1. The molecule has 1 amide bonds. The Hall–Kier alpha value is -3.62. The molecule has 4 aromatic rings. The number of hydrogen-bond donors (Lipinski definition) is 3. The molecule has 0 atom stereocenters. The van der Waals surface area contributed by atoms with Crippen LogP contribution in [0.5, 0.6) is 5.75 Å². The van der Waals surface area contributed by atoms with E-state index in [1.807, 2.05) is 47.0 Å². The van der Waals surface area contributed by atoms with Crippen LogP contribution in [0, 0.1) is 0 Å². The fourth-order valence-electron chi connectivity index (χ4n) is 3.27. The molecule has 0 aliphatic carbocycles. The van der Waals surface area contributed by atoms with Crippen molar-refractivity contribution in [2.24, 2.45) is 0 Å². The predicted molar refractivity (Wildman–Crippen MR) is 125 cm³/mol. The lowest BCUT2D eigenvalue weighted by Gasteiger charge is -2.10. The van der Waals surface area contributed by atoms with E-state index in [-0.39, 0.29) is 5.91 Å². The molecular formula is C23H23ClN6O2. The van der Waals surface area contributed by atoms with Crippen molar-refractivity contribution < 1.29 is 9.53 Å². The fourth-order valence-corrected chi connectivity index (χ4v) is 3.53. The second kappa shape index (κ2) is 10.1. The van der Waals surface area contributed by atoms with Gasteiger partial charge in [-0.15, -0.1) is 0 Å². The summed E-state index contributed by atoms with van der Waals surface area (Å²) in [6.07, 6.45) is 5.35. The number of rotatable bonds is 9. The number of aromatic nitrogens is 3. The molecule has 2 aromatic heterocycles. The molecule has 0 aliphatic rings. The molecule has 0 bridgehead atoms. The van der Waals surface area contributed by atoms with Crippen LogP contribution in [0.3, 0.4) is 0 Å². The number of nitrogens with one attached hydrogen (secondary N) is 3. The van der Waals surface area contributed by atoms with Crippen LogP contribution in [0.25, 0.3) is 16.9 Å². The van der Waals surface area contributed by atoms with Gasteiger partial charge in [-0.3, -0.25) is 14.5 Å². The Bertz CT molecular complexity index is 1210. The summed E-state index contributed by atoms with van der Waals surface area (Å²) in [7, 11) is 1.59. The van der Waals surface area contributed by atoms with Gasteiger partial charge in [-0.05, 0) is 30.3 Å². The van der Waals surface area contributed by atoms with Crippen molar-refractivity contribution in [1.82, 2.24) is 25.0 Å². The van der Waals surface area contributed by atoms with Gasteiger partial charge in [0.15, 0.2) is 11.5 Å². The summed E-state index contributed by atoms with van der Waals surface area (Å²) < 4.78 is 7.18. The van der Waals surface area contributed by atoms with Crippen LogP contribution in [0.4, 0.5) is 5.82 Å². The number of ether oxygens (including phenoxy) is 1. The molecule has 9 heteroatoms. The summed E-state index contributed by atoms with van der Waals surface area (Å²) in [6, 6.07) is 14.8. The van der Waals surface area contributed by atoms with Gasteiger partial charge in [0.2, 0.25) is 0 Å². The first-order valence-electron chi connectivity index (χ1n) is 10.1. The molecule has 2 aromatic carbocycles. The number of carbonyl (C=O) groups is 1. The van der Waals surface area contributed by atoms with E-state index in [2.05, 4.69) is 25.9 Å². The summed E-state index contributed by atoms with van der Waals surface area (Å²) in [5.41, 5.74) is 3.17. The van der Waals surface area contributed by atoms with E-state index in [1.165, 1.54) is 0 Å². The van der Waals surface area contributed by atoms with Gasteiger partial charge >= 0.3 is 0 Å². The smallest absolute Gasteiger partial charge is 0.251 e. The van der Waals surface area contributed by atoms with Gasteiger partial charge < -0.3 is 15.4 Å². The molecular weight excluding hydrogens is 428 g/mol. The molecule has 0 saturated heterocycles. The van der Waals surface area contributed by atoms with E-state index in [9.17, 15) is 4.79 Å². The van der Waals surface area contributed by atoms with Gasteiger partial charge in [0.25, 0.3) is 5.91 Å². The SMILES string of the molecule is COc1ccc(-c2cnc3c(NCNCCNC(=O)c4ccccc4)nccn23)cc1Cl. The maximum atomic E-state index is 12.0. The molecule has 0 radical (unpaired) electrons. The van der Waals surface area contributed by atoms with E-state index >= 15 is 0 Å². The highest BCUT2D eigenvalue weighted by molar-refractivity contribution is 6.32. The van der Waals surface area contributed by atoms with Crippen molar-refractivity contribution in [2.45, 2.75) is 0 Å². The Labute approximate surface area is 190 Å².